The van der Waals surface area contributed by atoms with E-state index < -0.39 is 0 Å². The van der Waals surface area contributed by atoms with Crippen molar-refractivity contribution in [1.82, 2.24) is 4.90 Å². The fraction of sp³-hybridized carbons (Fsp3) is 0.562. The summed E-state index contributed by atoms with van der Waals surface area (Å²) in [6.07, 6.45) is 4.68. The Bertz CT molecular complexity index is 433. The largest absolute Gasteiger partial charge is 0.494 e. The minimum absolute atomic E-state index is 0.134. The monoisotopic (exact) mass is 258 g/mol. The summed E-state index contributed by atoms with van der Waals surface area (Å²) >= 11 is 0. The van der Waals surface area contributed by atoms with Gasteiger partial charge in [0, 0.05) is 0 Å². The van der Waals surface area contributed by atoms with Crippen molar-refractivity contribution in [2.24, 2.45) is 0 Å². The van der Waals surface area contributed by atoms with Crippen LogP contribution in [-0.2, 0) is 0 Å². The predicted molar refractivity (Wildman–Crippen MR) is 76.0 cm³/mol. The van der Waals surface area contributed by atoms with Gasteiger partial charge in [0.1, 0.15) is 11.8 Å². The predicted octanol–water partition coefficient (Wildman–Crippen LogP) is 3.53. The number of ether oxygens (including phenoxy) is 1. The van der Waals surface area contributed by atoms with Gasteiger partial charge in [-0.2, -0.15) is 5.26 Å². The normalized spacial score (nSPS) is 17.7. The van der Waals surface area contributed by atoms with E-state index in [1.54, 1.807) is 0 Å². The third kappa shape index (κ3) is 3.71. The lowest BCUT2D eigenvalue weighted by atomic mass is 10.0. The highest BCUT2D eigenvalue weighted by atomic mass is 16.5. The van der Waals surface area contributed by atoms with E-state index in [0.717, 1.165) is 37.4 Å². The first-order chi connectivity index (χ1) is 9.35. The van der Waals surface area contributed by atoms with Gasteiger partial charge in [0.05, 0.1) is 12.7 Å². The molecule has 0 bridgehead atoms. The first-order valence-corrected chi connectivity index (χ1v) is 7.21. The Morgan fingerprint density at radius 2 is 2.11 bits per heavy atom. The summed E-state index contributed by atoms with van der Waals surface area (Å²) in [6, 6.07) is 10.3. The maximum atomic E-state index is 9.47. The van der Waals surface area contributed by atoms with Gasteiger partial charge in [-0.05, 0) is 50.0 Å². The molecule has 0 aliphatic carbocycles. The molecule has 1 unspecified atom stereocenters. The van der Waals surface area contributed by atoms with Gasteiger partial charge in [0.2, 0.25) is 0 Å². The minimum atomic E-state index is -0.134. The van der Waals surface area contributed by atoms with Crippen LogP contribution in [0, 0.1) is 11.3 Å². The maximum Gasteiger partial charge on any atom is 0.123 e. The van der Waals surface area contributed by atoms with Crippen LogP contribution >= 0.6 is 0 Å². The van der Waals surface area contributed by atoms with E-state index in [2.05, 4.69) is 17.9 Å². The van der Waals surface area contributed by atoms with Crippen molar-refractivity contribution < 1.29 is 4.74 Å². The molecule has 0 saturated carbocycles. The van der Waals surface area contributed by atoms with Crippen LogP contribution in [0.25, 0.3) is 0 Å². The molecule has 1 atom stereocenters. The number of nitrogens with zero attached hydrogens (tertiary/aromatic N) is 2. The molecular weight excluding hydrogens is 236 g/mol. The zero-order chi connectivity index (χ0) is 13.5. The van der Waals surface area contributed by atoms with Crippen molar-refractivity contribution in [2.45, 2.75) is 38.6 Å². The molecule has 1 aliphatic rings. The van der Waals surface area contributed by atoms with Gasteiger partial charge in [-0.25, -0.2) is 0 Å². The van der Waals surface area contributed by atoms with Gasteiger partial charge in [-0.3, -0.25) is 4.90 Å². The highest BCUT2D eigenvalue weighted by Crippen LogP contribution is 2.26. The second-order valence-electron chi connectivity index (χ2n) is 5.05. The second-order valence-corrected chi connectivity index (χ2v) is 5.05. The Hall–Kier alpha value is -1.53. The van der Waals surface area contributed by atoms with E-state index in [9.17, 15) is 5.26 Å². The topological polar surface area (TPSA) is 36.3 Å². The smallest absolute Gasteiger partial charge is 0.123 e. The highest BCUT2D eigenvalue weighted by molar-refractivity contribution is 5.33. The number of rotatable bonds is 5. The maximum absolute atomic E-state index is 9.47. The molecule has 0 N–H and O–H groups in total. The summed E-state index contributed by atoms with van der Waals surface area (Å²) in [5.41, 5.74) is 1.05. The summed E-state index contributed by atoms with van der Waals surface area (Å²) in [5, 5.41) is 9.47. The number of nitriles is 1. The van der Waals surface area contributed by atoms with Crippen LogP contribution in [0.4, 0.5) is 0 Å². The van der Waals surface area contributed by atoms with Gasteiger partial charge in [-0.15, -0.1) is 0 Å². The number of hydrogen-bond acceptors (Lipinski definition) is 3. The first kappa shape index (κ1) is 13.9. The Kier molecular flexibility index (Phi) is 5.23. The Labute approximate surface area is 115 Å². The molecule has 0 aromatic heterocycles. The fourth-order valence-electron chi connectivity index (χ4n) is 2.54. The fourth-order valence-corrected chi connectivity index (χ4v) is 2.54. The van der Waals surface area contributed by atoms with Crippen molar-refractivity contribution in [3.8, 4) is 11.8 Å². The van der Waals surface area contributed by atoms with Crippen LogP contribution in [0.1, 0.15) is 44.2 Å². The molecule has 0 amide bonds. The van der Waals surface area contributed by atoms with Gasteiger partial charge in [-0.1, -0.05) is 25.5 Å². The Morgan fingerprint density at radius 3 is 2.79 bits per heavy atom. The standard InChI is InChI=1S/C16H22N2O/c1-2-11-19-15-8-6-7-14(12-15)16(13-17)18-9-4-3-5-10-18/h6-8,12,16H,2-5,9-11H2,1H3. The van der Waals surface area contributed by atoms with Crippen molar-refractivity contribution in [3.63, 3.8) is 0 Å². The second kappa shape index (κ2) is 7.16. The van der Waals surface area contributed by atoms with E-state index in [-0.39, 0.29) is 6.04 Å². The van der Waals surface area contributed by atoms with Crippen LogP contribution < -0.4 is 4.74 Å². The summed E-state index contributed by atoms with van der Waals surface area (Å²) in [6.45, 7) is 4.87. The summed E-state index contributed by atoms with van der Waals surface area (Å²) < 4.78 is 5.65. The van der Waals surface area contributed by atoms with Crippen LogP contribution in [0.5, 0.6) is 5.75 Å². The lowest BCUT2D eigenvalue weighted by molar-refractivity contribution is 0.195. The first-order valence-electron chi connectivity index (χ1n) is 7.21. The molecule has 1 saturated heterocycles. The van der Waals surface area contributed by atoms with Crippen LogP contribution in [0.2, 0.25) is 0 Å². The lowest BCUT2D eigenvalue weighted by Gasteiger charge is -2.30. The number of likely N-dealkylation sites (tertiary alicyclic amines) is 1. The molecule has 3 nitrogen and oxygen atoms in total. The third-order valence-corrected chi connectivity index (χ3v) is 3.52. The average molecular weight is 258 g/mol. The summed E-state index contributed by atoms with van der Waals surface area (Å²) in [5.74, 6) is 0.872. The van der Waals surface area contributed by atoms with Crippen molar-refractivity contribution >= 4 is 0 Å². The zero-order valence-electron chi connectivity index (χ0n) is 11.6. The molecule has 102 valence electrons. The molecule has 3 heteroatoms. The van der Waals surface area contributed by atoms with Crippen molar-refractivity contribution in [3.05, 3.63) is 29.8 Å². The van der Waals surface area contributed by atoms with Gasteiger partial charge in [0.15, 0.2) is 0 Å². The minimum Gasteiger partial charge on any atom is -0.494 e. The van der Waals surface area contributed by atoms with Crippen LogP contribution in [0.15, 0.2) is 24.3 Å². The van der Waals surface area contributed by atoms with Crippen molar-refractivity contribution in [2.75, 3.05) is 19.7 Å². The SMILES string of the molecule is CCCOc1cccc(C(C#N)N2CCCCC2)c1. The van der Waals surface area contributed by atoms with E-state index >= 15 is 0 Å². The van der Waals surface area contributed by atoms with Crippen LogP contribution in [0.3, 0.4) is 0 Å². The molecule has 1 aromatic rings. The van der Waals surface area contributed by atoms with E-state index in [1.807, 2.05) is 24.3 Å². The molecule has 1 aromatic carbocycles. The molecule has 2 rings (SSSR count). The lowest BCUT2D eigenvalue weighted by Crippen LogP contribution is -2.33. The van der Waals surface area contributed by atoms with Gasteiger partial charge >= 0.3 is 0 Å². The van der Waals surface area contributed by atoms with E-state index in [1.165, 1.54) is 19.3 Å². The van der Waals surface area contributed by atoms with E-state index in [0.29, 0.717) is 0 Å². The van der Waals surface area contributed by atoms with Crippen LogP contribution in [-0.4, -0.2) is 24.6 Å². The van der Waals surface area contributed by atoms with E-state index in [4.69, 9.17) is 4.74 Å². The van der Waals surface area contributed by atoms with Gasteiger partial charge in [0.25, 0.3) is 0 Å². The Morgan fingerprint density at radius 1 is 1.32 bits per heavy atom. The quantitative estimate of drug-likeness (QED) is 0.810. The molecule has 1 aliphatic heterocycles. The Balaban J connectivity index is 2.11. The molecule has 1 fully saturated rings. The molecule has 1 heterocycles. The van der Waals surface area contributed by atoms with Crippen molar-refractivity contribution in [1.29, 1.82) is 5.26 Å². The summed E-state index contributed by atoms with van der Waals surface area (Å²) in [4.78, 5) is 2.28. The number of benzene rings is 1. The molecule has 0 radical (unpaired) electrons. The molecule has 19 heavy (non-hydrogen) atoms. The molecule has 0 spiro atoms. The van der Waals surface area contributed by atoms with Gasteiger partial charge < -0.3 is 4.74 Å². The summed E-state index contributed by atoms with van der Waals surface area (Å²) in [7, 11) is 0. The number of piperidine rings is 1. The number of hydrogen-bond donors (Lipinski definition) is 0. The molecular formula is C16H22N2O. The third-order valence-electron chi connectivity index (χ3n) is 3.52. The average Bonchev–Trinajstić information content (AvgIpc) is 2.47. The highest BCUT2D eigenvalue weighted by Gasteiger charge is 2.22. The zero-order valence-corrected chi connectivity index (χ0v) is 11.6.